The van der Waals surface area contributed by atoms with Crippen LogP contribution in [0.1, 0.15) is 83.9 Å². The molecule has 1 fully saturated rings. The smallest absolute Gasteiger partial charge is 0.239 e. The molecule has 0 aromatic carbocycles. The number of carbonyl (C=O) groups excluding carboxylic acids is 1. The van der Waals surface area contributed by atoms with Crippen LogP contribution in [0.15, 0.2) is 0 Å². The van der Waals surface area contributed by atoms with Crippen LogP contribution < -0.4 is 9.80 Å². The van der Waals surface area contributed by atoms with Gasteiger partial charge in [-0.1, -0.05) is 39.5 Å². The number of aromatic nitrogens is 3. The van der Waals surface area contributed by atoms with E-state index in [1.54, 1.807) is 7.11 Å². The summed E-state index contributed by atoms with van der Waals surface area (Å²) in [5, 5.41) is 0. The lowest BCUT2D eigenvalue weighted by Crippen LogP contribution is -2.35. The van der Waals surface area contributed by atoms with Gasteiger partial charge in [0.2, 0.25) is 17.8 Å². The van der Waals surface area contributed by atoms with Gasteiger partial charge in [0.05, 0.1) is 0 Å². The van der Waals surface area contributed by atoms with E-state index in [0.29, 0.717) is 31.8 Å². The van der Waals surface area contributed by atoms with E-state index in [0.717, 1.165) is 44.3 Å². The van der Waals surface area contributed by atoms with Gasteiger partial charge in [-0.15, -0.1) is 0 Å². The lowest BCUT2D eigenvalue weighted by atomic mass is 10.1. The third kappa shape index (κ3) is 8.31. The lowest BCUT2D eigenvalue weighted by Gasteiger charge is -2.25. The summed E-state index contributed by atoms with van der Waals surface area (Å²) in [6.07, 6.45) is 8.46. The van der Waals surface area contributed by atoms with Gasteiger partial charge in [-0.2, -0.15) is 15.0 Å². The van der Waals surface area contributed by atoms with E-state index in [1.807, 2.05) is 4.90 Å². The minimum Gasteiger partial charge on any atom is -0.364 e. The van der Waals surface area contributed by atoms with Crippen LogP contribution in [0.2, 0.25) is 0 Å². The van der Waals surface area contributed by atoms with Gasteiger partial charge in [0.25, 0.3) is 0 Å². The molecule has 1 aliphatic carbocycles. The van der Waals surface area contributed by atoms with Crippen LogP contribution in [-0.2, 0) is 19.0 Å². The van der Waals surface area contributed by atoms with Gasteiger partial charge in [0.1, 0.15) is 26.0 Å². The molecule has 0 radical (unpaired) electrons. The molecular formula is C22H39N5O4. The maximum Gasteiger partial charge on any atom is 0.239 e. The summed E-state index contributed by atoms with van der Waals surface area (Å²) in [4.78, 5) is 29.7. The number of hydrogen-bond donors (Lipinski definition) is 0. The first-order valence-electron chi connectivity index (χ1n) is 11.5. The fourth-order valence-corrected chi connectivity index (χ4v) is 3.42. The first-order valence-corrected chi connectivity index (χ1v) is 11.5. The highest BCUT2D eigenvalue weighted by Crippen LogP contribution is 2.33. The van der Waals surface area contributed by atoms with Gasteiger partial charge in [0.15, 0.2) is 0 Å². The average Bonchev–Trinajstić information content (AvgIpc) is 3.30. The standard InChI is InChI=1S/C22H39N5O4/c1-5-7-13-30-16-26(15-29-4)21-23-20(19-11-9-10-12-19)24-22(25-21)27(18(3)28)17-31-14-8-6-2/h19H,5-17H2,1-4H3. The number of methoxy groups -OCH3 is 1. The second kappa shape index (κ2) is 14.3. The van der Waals surface area contributed by atoms with Crippen molar-refractivity contribution in [3.05, 3.63) is 5.82 Å². The second-order valence-corrected chi connectivity index (χ2v) is 7.96. The molecule has 31 heavy (non-hydrogen) atoms. The Bertz CT molecular complexity index is 655. The van der Waals surface area contributed by atoms with Crippen LogP contribution in [0.5, 0.6) is 0 Å². The Labute approximate surface area is 186 Å². The van der Waals surface area contributed by atoms with E-state index in [4.69, 9.17) is 19.2 Å². The normalized spacial score (nSPS) is 14.2. The second-order valence-electron chi connectivity index (χ2n) is 7.96. The van der Waals surface area contributed by atoms with Crippen LogP contribution in [0.3, 0.4) is 0 Å². The first kappa shape index (κ1) is 25.4. The molecule has 0 aliphatic heterocycles. The van der Waals surface area contributed by atoms with Gasteiger partial charge < -0.3 is 14.2 Å². The van der Waals surface area contributed by atoms with Crippen molar-refractivity contribution in [3.63, 3.8) is 0 Å². The summed E-state index contributed by atoms with van der Waals surface area (Å²) >= 11 is 0. The molecule has 1 heterocycles. The Morgan fingerprint density at radius 2 is 1.55 bits per heavy atom. The number of anilines is 2. The topological polar surface area (TPSA) is 89.9 Å². The third-order valence-electron chi connectivity index (χ3n) is 5.29. The highest BCUT2D eigenvalue weighted by atomic mass is 16.5. The van der Waals surface area contributed by atoms with E-state index in [9.17, 15) is 4.79 Å². The summed E-state index contributed by atoms with van der Waals surface area (Å²) in [6, 6.07) is 0. The number of nitrogens with zero attached hydrogens (tertiary/aromatic N) is 5. The number of ether oxygens (including phenoxy) is 3. The van der Waals surface area contributed by atoms with Gasteiger partial charge in [-0.25, -0.2) is 0 Å². The van der Waals surface area contributed by atoms with E-state index in [2.05, 4.69) is 23.8 Å². The summed E-state index contributed by atoms with van der Waals surface area (Å²) in [5.41, 5.74) is 0. The first-order chi connectivity index (χ1) is 15.1. The molecule has 0 atom stereocenters. The van der Waals surface area contributed by atoms with Crippen molar-refractivity contribution in [1.29, 1.82) is 0 Å². The lowest BCUT2D eigenvalue weighted by molar-refractivity contribution is -0.117. The Hall–Kier alpha value is -1.84. The molecular weight excluding hydrogens is 398 g/mol. The minimum absolute atomic E-state index is 0.125. The number of carbonyl (C=O) groups is 1. The molecule has 176 valence electrons. The Balaban J connectivity index is 2.29. The summed E-state index contributed by atoms with van der Waals surface area (Å²) in [7, 11) is 1.63. The van der Waals surface area contributed by atoms with Crippen LogP contribution >= 0.6 is 0 Å². The molecule has 1 aliphatic rings. The molecule has 9 nitrogen and oxygen atoms in total. The van der Waals surface area contributed by atoms with Crippen molar-refractivity contribution >= 4 is 17.8 Å². The van der Waals surface area contributed by atoms with Crippen molar-refractivity contribution in [2.24, 2.45) is 0 Å². The van der Waals surface area contributed by atoms with Crippen molar-refractivity contribution in [1.82, 2.24) is 15.0 Å². The third-order valence-corrected chi connectivity index (χ3v) is 5.29. The van der Waals surface area contributed by atoms with Crippen LogP contribution in [0.4, 0.5) is 11.9 Å². The average molecular weight is 438 g/mol. The van der Waals surface area contributed by atoms with Crippen molar-refractivity contribution in [3.8, 4) is 0 Å². The molecule has 0 N–H and O–H groups in total. The van der Waals surface area contributed by atoms with Gasteiger partial charge in [-0.05, 0) is 25.7 Å². The van der Waals surface area contributed by atoms with E-state index >= 15 is 0 Å². The monoisotopic (exact) mass is 437 g/mol. The number of hydrogen-bond acceptors (Lipinski definition) is 8. The van der Waals surface area contributed by atoms with E-state index in [-0.39, 0.29) is 25.3 Å². The summed E-state index contributed by atoms with van der Waals surface area (Å²) in [5.74, 6) is 1.63. The van der Waals surface area contributed by atoms with Crippen molar-refractivity contribution in [2.75, 3.05) is 50.3 Å². The quantitative estimate of drug-likeness (QED) is 0.302. The molecule has 1 aromatic heterocycles. The van der Waals surface area contributed by atoms with Crippen molar-refractivity contribution < 1.29 is 19.0 Å². The zero-order valence-electron chi connectivity index (χ0n) is 19.6. The number of unbranched alkanes of at least 4 members (excludes halogenated alkanes) is 2. The maximum atomic E-state index is 12.4. The zero-order valence-corrected chi connectivity index (χ0v) is 19.6. The Morgan fingerprint density at radius 1 is 0.935 bits per heavy atom. The minimum atomic E-state index is -0.163. The van der Waals surface area contributed by atoms with Gasteiger partial charge >= 0.3 is 0 Å². The number of amides is 1. The van der Waals surface area contributed by atoms with Gasteiger partial charge in [0, 0.05) is 33.2 Å². The SMILES string of the molecule is CCCCOCN(COC)c1nc(C2CCCC2)nc(N(COCCCC)C(C)=O)n1. The van der Waals surface area contributed by atoms with Crippen molar-refractivity contribution in [2.45, 2.75) is 78.1 Å². The predicted molar refractivity (Wildman–Crippen MR) is 120 cm³/mol. The van der Waals surface area contributed by atoms with E-state index < -0.39 is 0 Å². The van der Waals surface area contributed by atoms with E-state index in [1.165, 1.54) is 24.7 Å². The number of rotatable bonds is 15. The molecule has 0 unspecified atom stereocenters. The Kier molecular flexibility index (Phi) is 11.7. The molecule has 9 heteroatoms. The Morgan fingerprint density at radius 3 is 2.13 bits per heavy atom. The molecule has 2 rings (SSSR count). The largest absolute Gasteiger partial charge is 0.364 e. The maximum absolute atomic E-state index is 12.4. The molecule has 0 spiro atoms. The summed E-state index contributed by atoms with van der Waals surface area (Å²) < 4.78 is 16.8. The van der Waals surface area contributed by atoms with Gasteiger partial charge in [-0.3, -0.25) is 14.6 Å². The molecule has 1 amide bonds. The fraction of sp³-hybridized carbons (Fsp3) is 0.818. The molecule has 0 bridgehead atoms. The highest BCUT2D eigenvalue weighted by molar-refractivity contribution is 5.89. The highest BCUT2D eigenvalue weighted by Gasteiger charge is 2.25. The van der Waals surface area contributed by atoms with Crippen LogP contribution in [-0.4, -0.2) is 61.4 Å². The molecule has 0 saturated heterocycles. The molecule has 1 aromatic rings. The molecule has 1 saturated carbocycles. The predicted octanol–water partition coefficient (Wildman–Crippen LogP) is 3.84. The zero-order chi connectivity index (χ0) is 22.5. The summed E-state index contributed by atoms with van der Waals surface area (Å²) in [6.45, 7) is 7.71. The fourth-order valence-electron chi connectivity index (χ4n) is 3.42. The van der Waals surface area contributed by atoms with Crippen LogP contribution in [0.25, 0.3) is 0 Å². The van der Waals surface area contributed by atoms with Crippen LogP contribution in [0, 0.1) is 0 Å².